The molecule has 2 heterocycles. The van der Waals surface area contributed by atoms with Crippen molar-refractivity contribution in [2.45, 2.75) is 25.1 Å². The minimum absolute atomic E-state index is 0.0663. The van der Waals surface area contributed by atoms with E-state index >= 15 is 0 Å². The van der Waals surface area contributed by atoms with Crippen LogP contribution in [0.5, 0.6) is 5.75 Å². The van der Waals surface area contributed by atoms with Crippen molar-refractivity contribution in [1.29, 1.82) is 0 Å². The van der Waals surface area contributed by atoms with Crippen molar-refractivity contribution in [3.8, 4) is 16.9 Å². The lowest BCUT2D eigenvalue weighted by Gasteiger charge is -2.09. The third-order valence-electron chi connectivity index (χ3n) is 3.64. The van der Waals surface area contributed by atoms with Crippen molar-refractivity contribution < 1.29 is 27.4 Å². The van der Waals surface area contributed by atoms with Gasteiger partial charge in [-0.3, -0.25) is 0 Å². The van der Waals surface area contributed by atoms with Gasteiger partial charge in [0.15, 0.2) is 11.5 Å². The van der Waals surface area contributed by atoms with Gasteiger partial charge in [-0.15, -0.1) is 0 Å². The van der Waals surface area contributed by atoms with Gasteiger partial charge >= 0.3 is 6.18 Å². The average Bonchev–Trinajstić information content (AvgIpc) is 3.06. The van der Waals surface area contributed by atoms with Crippen molar-refractivity contribution >= 4 is 5.88 Å². The van der Waals surface area contributed by atoms with Crippen LogP contribution in [0.25, 0.3) is 11.1 Å². The van der Waals surface area contributed by atoms with Crippen molar-refractivity contribution in [2.24, 2.45) is 0 Å². The van der Waals surface area contributed by atoms with E-state index in [0.29, 0.717) is 13.0 Å². The number of rotatable bonds is 2. The molecule has 1 aromatic carbocycles. The zero-order valence-electron chi connectivity index (χ0n) is 11.5. The van der Waals surface area contributed by atoms with Crippen LogP contribution in [0.1, 0.15) is 30.3 Å². The molecule has 4 nitrogen and oxygen atoms in total. The van der Waals surface area contributed by atoms with Crippen LogP contribution < -0.4 is 5.73 Å². The van der Waals surface area contributed by atoms with Gasteiger partial charge in [0.25, 0.3) is 0 Å². The second-order valence-corrected chi connectivity index (χ2v) is 5.13. The van der Waals surface area contributed by atoms with Gasteiger partial charge in [0.1, 0.15) is 6.10 Å². The molecule has 1 aliphatic rings. The Bertz CT molecular complexity index is 688. The molecule has 0 saturated carbocycles. The Morgan fingerprint density at radius 1 is 1.27 bits per heavy atom. The standard InChI is InChI=1S/C15H14F3NO3/c16-15(17,18)9-4-1-3-8(7-9)11-12(20)13(22-14(11)19)10-5-2-6-21-10/h1,3-4,7,10,20H,2,5-6,19H2. The lowest BCUT2D eigenvalue weighted by molar-refractivity contribution is -0.137. The maximum Gasteiger partial charge on any atom is 0.416 e. The minimum atomic E-state index is -4.47. The molecule has 22 heavy (non-hydrogen) atoms. The van der Waals surface area contributed by atoms with Crippen LogP contribution in [0.15, 0.2) is 28.7 Å². The third kappa shape index (κ3) is 2.52. The highest BCUT2D eigenvalue weighted by molar-refractivity contribution is 5.80. The molecule has 0 bridgehead atoms. The molecule has 7 heteroatoms. The molecule has 0 radical (unpaired) electrons. The second-order valence-electron chi connectivity index (χ2n) is 5.13. The lowest BCUT2D eigenvalue weighted by atomic mass is 10.0. The Morgan fingerprint density at radius 2 is 2.05 bits per heavy atom. The number of nitrogens with two attached hydrogens (primary N) is 1. The van der Waals surface area contributed by atoms with E-state index in [0.717, 1.165) is 18.6 Å². The van der Waals surface area contributed by atoms with Crippen LogP contribution in [-0.2, 0) is 10.9 Å². The lowest BCUT2D eigenvalue weighted by Crippen LogP contribution is -2.04. The summed E-state index contributed by atoms with van der Waals surface area (Å²) in [4.78, 5) is 0. The molecule has 1 saturated heterocycles. The van der Waals surface area contributed by atoms with E-state index in [-0.39, 0.29) is 28.5 Å². The third-order valence-corrected chi connectivity index (χ3v) is 3.64. The highest BCUT2D eigenvalue weighted by Crippen LogP contribution is 2.46. The number of hydrogen-bond acceptors (Lipinski definition) is 4. The molecule has 2 aromatic rings. The van der Waals surface area contributed by atoms with Gasteiger partial charge in [0.2, 0.25) is 5.88 Å². The molecule has 0 spiro atoms. The topological polar surface area (TPSA) is 68.6 Å². The fraction of sp³-hybridized carbons (Fsp3) is 0.333. The van der Waals surface area contributed by atoms with E-state index in [2.05, 4.69) is 0 Å². The largest absolute Gasteiger partial charge is 0.504 e. The fourth-order valence-electron chi connectivity index (χ4n) is 2.59. The molecule has 1 aromatic heterocycles. The zero-order chi connectivity index (χ0) is 15.9. The molecular formula is C15H14F3NO3. The summed E-state index contributed by atoms with van der Waals surface area (Å²) in [6.07, 6.45) is -3.39. The number of alkyl halides is 3. The summed E-state index contributed by atoms with van der Waals surface area (Å²) in [5, 5.41) is 10.3. The highest BCUT2D eigenvalue weighted by atomic mass is 19.4. The normalized spacial score (nSPS) is 18.8. The zero-order valence-corrected chi connectivity index (χ0v) is 11.5. The Morgan fingerprint density at radius 3 is 2.68 bits per heavy atom. The highest BCUT2D eigenvalue weighted by Gasteiger charge is 2.32. The first kappa shape index (κ1) is 14.8. The van der Waals surface area contributed by atoms with Crippen molar-refractivity contribution in [2.75, 3.05) is 12.3 Å². The Kier molecular flexibility index (Phi) is 3.52. The number of benzene rings is 1. The molecule has 118 valence electrons. The molecule has 1 unspecified atom stereocenters. The second kappa shape index (κ2) is 5.24. The number of ether oxygens (including phenoxy) is 1. The van der Waals surface area contributed by atoms with E-state index in [1.54, 1.807) is 0 Å². The molecule has 1 atom stereocenters. The van der Waals surface area contributed by atoms with Crippen LogP contribution in [0.4, 0.5) is 19.1 Å². The molecule has 1 aliphatic heterocycles. The first-order valence-electron chi connectivity index (χ1n) is 6.78. The van der Waals surface area contributed by atoms with Crippen LogP contribution in [0, 0.1) is 0 Å². The number of halogens is 3. The number of aromatic hydroxyl groups is 1. The van der Waals surface area contributed by atoms with Gasteiger partial charge in [0, 0.05) is 6.61 Å². The van der Waals surface area contributed by atoms with E-state index < -0.39 is 17.8 Å². The van der Waals surface area contributed by atoms with Gasteiger partial charge in [0.05, 0.1) is 11.1 Å². The molecule has 3 rings (SSSR count). The Hall–Kier alpha value is -2.15. The first-order valence-corrected chi connectivity index (χ1v) is 6.78. The van der Waals surface area contributed by atoms with Gasteiger partial charge in [-0.1, -0.05) is 12.1 Å². The Balaban J connectivity index is 2.05. The van der Waals surface area contributed by atoms with Crippen molar-refractivity contribution in [3.05, 3.63) is 35.6 Å². The number of hydrogen-bond donors (Lipinski definition) is 2. The van der Waals surface area contributed by atoms with Gasteiger partial charge in [-0.25, -0.2) is 0 Å². The molecule has 0 aliphatic carbocycles. The van der Waals surface area contributed by atoms with E-state index in [9.17, 15) is 18.3 Å². The van der Waals surface area contributed by atoms with Gasteiger partial charge in [-0.2, -0.15) is 13.2 Å². The SMILES string of the molecule is Nc1oc(C2CCCO2)c(O)c1-c1cccc(C(F)(F)F)c1. The van der Waals surface area contributed by atoms with Crippen LogP contribution in [0.2, 0.25) is 0 Å². The maximum absolute atomic E-state index is 12.8. The summed E-state index contributed by atoms with van der Waals surface area (Å²) in [7, 11) is 0. The molecular weight excluding hydrogens is 299 g/mol. The average molecular weight is 313 g/mol. The quantitative estimate of drug-likeness (QED) is 0.875. The van der Waals surface area contributed by atoms with E-state index in [4.69, 9.17) is 14.9 Å². The summed E-state index contributed by atoms with van der Waals surface area (Å²) >= 11 is 0. The molecule has 1 fully saturated rings. The number of anilines is 1. The van der Waals surface area contributed by atoms with Gasteiger partial charge < -0.3 is 20.0 Å². The first-order chi connectivity index (χ1) is 10.4. The number of nitrogen functional groups attached to an aromatic ring is 1. The summed E-state index contributed by atoms with van der Waals surface area (Å²) in [6, 6.07) is 4.59. The van der Waals surface area contributed by atoms with Gasteiger partial charge in [-0.05, 0) is 30.5 Å². The van der Waals surface area contributed by atoms with Crippen LogP contribution in [-0.4, -0.2) is 11.7 Å². The smallest absolute Gasteiger partial charge is 0.416 e. The summed E-state index contributed by atoms with van der Waals surface area (Å²) in [5.74, 6) is -0.214. The molecule has 3 N–H and O–H groups in total. The number of furan rings is 1. The van der Waals surface area contributed by atoms with E-state index in [1.165, 1.54) is 12.1 Å². The predicted octanol–water partition coefficient (Wildman–Crippen LogP) is 4.10. The maximum atomic E-state index is 12.8. The van der Waals surface area contributed by atoms with E-state index in [1.807, 2.05) is 0 Å². The van der Waals surface area contributed by atoms with Crippen LogP contribution >= 0.6 is 0 Å². The fourth-order valence-corrected chi connectivity index (χ4v) is 2.59. The van der Waals surface area contributed by atoms with Crippen LogP contribution in [0.3, 0.4) is 0 Å². The summed E-state index contributed by atoms with van der Waals surface area (Å²) in [5.41, 5.74) is 5.14. The van der Waals surface area contributed by atoms with Crippen molar-refractivity contribution in [1.82, 2.24) is 0 Å². The minimum Gasteiger partial charge on any atom is -0.504 e. The monoisotopic (exact) mass is 313 g/mol. The van der Waals surface area contributed by atoms with Crippen molar-refractivity contribution in [3.63, 3.8) is 0 Å². The Labute approximate surface area is 124 Å². The summed E-state index contributed by atoms with van der Waals surface area (Å²) < 4.78 is 49.1. The summed E-state index contributed by atoms with van der Waals surface area (Å²) in [6.45, 7) is 0.545. The predicted molar refractivity (Wildman–Crippen MR) is 73.2 cm³/mol. The molecule has 0 amide bonds.